The van der Waals surface area contributed by atoms with E-state index in [1.807, 2.05) is 20.8 Å². The molecule has 1 aromatic rings. The third kappa shape index (κ3) is 4.73. The van der Waals surface area contributed by atoms with Crippen LogP contribution in [0.1, 0.15) is 20.8 Å². The fraction of sp³-hybridized carbons (Fsp3) is 0.692. The van der Waals surface area contributed by atoms with Gasteiger partial charge in [-0.1, -0.05) is 0 Å². The summed E-state index contributed by atoms with van der Waals surface area (Å²) in [7, 11) is 3.49. The molecule has 118 valence electrons. The number of anilines is 2. The molecule has 0 fully saturated rings. The van der Waals surface area contributed by atoms with Gasteiger partial charge in [-0.15, -0.1) is 0 Å². The Morgan fingerprint density at radius 3 is 2.38 bits per heavy atom. The third-order valence-electron chi connectivity index (χ3n) is 2.93. The standard InChI is InChI=1S/C13H24N6O2/c1-6-19(7-2)10(20)9-18(5)12-15-11(14-4)16-13(17-12)21-8-3/h6-9H2,1-5H3,(H,14,15,16,17). The lowest BCUT2D eigenvalue weighted by Crippen LogP contribution is -2.39. The number of ether oxygens (including phenoxy) is 1. The average molecular weight is 296 g/mol. The molecule has 0 saturated heterocycles. The highest BCUT2D eigenvalue weighted by atomic mass is 16.5. The van der Waals surface area contributed by atoms with Crippen LogP contribution in [-0.2, 0) is 4.79 Å². The fourth-order valence-electron chi connectivity index (χ4n) is 1.77. The second-order valence-electron chi connectivity index (χ2n) is 4.35. The zero-order valence-corrected chi connectivity index (χ0v) is 13.4. The molecular weight excluding hydrogens is 272 g/mol. The summed E-state index contributed by atoms with van der Waals surface area (Å²) in [6, 6.07) is 0.244. The van der Waals surface area contributed by atoms with Crippen molar-refractivity contribution in [3.63, 3.8) is 0 Å². The minimum absolute atomic E-state index is 0.0341. The molecule has 8 heteroatoms. The van der Waals surface area contributed by atoms with Crippen LogP contribution >= 0.6 is 0 Å². The van der Waals surface area contributed by atoms with Crippen LogP contribution in [0.25, 0.3) is 0 Å². The summed E-state index contributed by atoms with van der Waals surface area (Å²) in [5, 5.41) is 2.86. The first kappa shape index (κ1) is 16.9. The van der Waals surface area contributed by atoms with Gasteiger partial charge in [0.05, 0.1) is 13.2 Å². The molecule has 1 aromatic heterocycles. The maximum Gasteiger partial charge on any atom is 0.323 e. The number of hydrogen-bond donors (Lipinski definition) is 1. The molecule has 0 unspecified atom stereocenters. The Kier molecular flexibility index (Phi) is 6.64. The first-order valence-corrected chi connectivity index (χ1v) is 7.11. The zero-order valence-electron chi connectivity index (χ0n) is 13.4. The lowest BCUT2D eigenvalue weighted by atomic mass is 10.4. The van der Waals surface area contributed by atoms with Crippen LogP contribution < -0.4 is 15.0 Å². The van der Waals surface area contributed by atoms with E-state index >= 15 is 0 Å². The minimum Gasteiger partial charge on any atom is -0.464 e. The fourth-order valence-corrected chi connectivity index (χ4v) is 1.77. The Morgan fingerprint density at radius 2 is 1.86 bits per heavy atom. The van der Waals surface area contributed by atoms with Gasteiger partial charge in [-0.25, -0.2) is 0 Å². The lowest BCUT2D eigenvalue weighted by molar-refractivity contribution is -0.129. The van der Waals surface area contributed by atoms with Crippen molar-refractivity contribution in [1.29, 1.82) is 0 Å². The van der Waals surface area contributed by atoms with E-state index in [1.54, 1.807) is 23.9 Å². The first-order chi connectivity index (χ1) is 10.0. The van der Waals surface area contributed by atoms with E-state index in [-0.39, 0.29) is 18.5 Å². The van der Waals surface area contributed by atoms with Crippen LogP contribution in [0.4, 0.5) is 11.9 Å². The quantitative estimate of drug-likeness (QED) is 0.752. The second kappa shape index (κ2) is 8.23. The predicted octanol–water partition coefficient (Wildman–Crippen LogP) is 0.617. The number of amides is 1. The molecule has 8 nitrogen and oxygen atoms in total. The van der Waals surface area contributed by atoms with Crippen molar-refractivity contribution in [2.24, 2.45) is 0 Å². The van der Waals surface area contributed by atoms with Gasteiger partial charge in [-0.05, 0) is 20.8 Å². The highest BCUT2D eigenvalue weighted by Gasteiger charge is 2.16. The van der Waals surface area contributed by atoms with Crippen LogP contribution in [0.3, 0.4) is 0 Å². The average Bonchev–Trinajstić information content (AvgIpc) is 2.48. The Bertz CT molecular complexity index is 464. The number of carbonyl (C=O) groups excluding carboxylic acids is 1. The number of aromatic nitrogens is 3. The minimum atomic E-state index is 0.0341. The molecule has 0 saturated carbocycles. The molecule has 0 atom stereocenters. The van der Waals surface area contributed by atoms with Gasteiger partial charge in [0.2, 0.25) is 17.8 Å². The van der Waals surface area contributed by atoms with E-state index in [0.717, 1.165) is 0 Å². The van der Waals surface area contributed by atoms with Gasteiger partial charge in [-0.2, -0.15) is 15.0 Å². The van der Waals surface area contributed by atoms with Crippen molar-refractivity contribution < 1.29 is 9.53 Å². The smallest absolute Gasteiger partial charge is 0.323 e. The summed E-state index contributed by atoms with van der Waals surface area (Å²) in [6.07, 6.45) is 0. The van der Waals surface area contributed by atoms with E-state index in [2.05, 4.69) is 20.3 Å². The van der Waals surface area contributed by atoms with Crippen molar-refractivity contribution in [2.75, 3.05) is 50.6 Å². The molecule has 21 heavy (non-hydrogen) atoms. The summed E-state index contributed by atoms with van der Waals surface area (Å²) < 4.78 is 5.31. The molecule has 0 spiro atoms. The topological polar surface area (TPSA) is 83.5 Å². The van der Waals surface area contributed by atoms with Gasteiger partial charge in [0.15, 0.2) is 0 Å². The van der Waals surface area contributed by atoms with Gasteiger partial charge in [0.25, 0.3) is 0 Å². The van der Waals surface area contributed by atoms with E-state index in [1.165, 1.54) is 0 Å². The molecule has 0 bridgehead atoms. The molecule has 0 aromatic carbocycles. The third-order valence-corrected chi connectivity index (χ3v) is 2.93. The predicted molar refractivity (Wildman–Crippen MR) is 81.7 cm³/mol. The maximum absolute atomic E-state index is 12.1. The van der Waals surface area contributed by atoms with Gasteiger partial charge in [-0.3, -0.25) is 4.79 Å². The van der Waals surface area contributed by atoms with E-state index in [4.69, 9.17) is 4.74 Å². The van der Waals surface area contributed by atoms with Crippen molar-refractivity contribution >= 4 is 17.8 Å². The number of hydrogen-bond acceptors (Lipinski definition) is 7. The molecule has 0 aliphatic carbocycles. The normalized spacial score (nSPS) is 10.1. The Hall–Kier alpha value is -2.12. The Morgan fingerprint density at radius 1 is 1.19 bits per heavy atom. The maximum atomic E-state index is 12.1. The summed E-state index contributed by atoms with van der Waals surface area (Å²) >= 11 is 0. The molecule has 1 N–H and O–H groups in total. The number of likely N-dealkylation sites (N-methyl/N-ethyl adjacent to an activating group) is 2. The van der Waals surface area contributed by atoms with E-state index < -0.39 is 0 Å². The van der Waals surface area contributed by atoms with Crippen LogP contribution in [0, 0.1) is 0 Å². The lowest BCUT2D eigenvalue weighted by Gasteiger charge is -2.23. The van der Waals surface area contributed by atoms with Gasteiger partial charge in [0, 0.05) is 27.2 Å². The van der Waals surface area contributed by atoms with Crippen LogP contribution in [0.2, 0.25) is 0 Å². The van der Waals surface area contributed by atoms with E-state index in [0.29, 0.717) is 31.6 Å². The molecule has 0 aliphatic heterocycles. The summed E-state index contributed by atoms with van der Waals surface area (Å²) in [4.78, 5) is 28.1. The van der Waals surface area contributed by atoms with E-state index in [9.17, 15) is 4.79 Å². The molecule has 1 rings (SSSR count). The SMILES string of the molecule is CCOc1nc(NC)nc(N(C)CC(=O)N(CC)CC)n1. The number of nitrogens with one attached hydrogen (secondary N) is 1. The van der Waals surface area contributed by atoms with Gasteiger partial charge in [0.1, 0.15) is 0 Å². The molecule has 0 radical (unpaired) electrons. The van der Waals surface area contributed by atoms with Crippen molar-refractivity contribution in [3.8, 4) is 6.01 Å². The molecule has 1 amide bonds. The molecular formula is C13H24N6O2. The largest absolute Gasteiger partial charge is 0.464 e. The summed E-state index contributed by atoms with van der Waals surface area (Å²) in [6.45, 7) is 7.82. The highest BCUT2D eigenvalue weighted by molar-refractivity contribution is 5.80. The first-order valence-electron chi connectivity index (χ1n) is 7.11. The van der Waals surface area contributed by atoms with Gasteiger partial charge >= 0.3 is 6.01 Å². The number of nitrogens with zero attached hydrogens (tertiary/aromatic N) is 5. The van der Waals surface area contributed by atoms with Crippen molar-refractivity contribution in [1.82, 2.24) is 19.9 Å². The molecule has 0 aliphatic rings. The van der Waals surface area contributed by atoms with Crippen molar-refractivity contribution in [2.45, 2.75) is 20.8 Å². The van der Waals surface area contributed by atoms with Crippen molar-refractivity contribution in [3.05, 3.63) is 0 Å². The number of rotatable bonds is 8. The Labute approximate surface area is 125 Å². The number of carbonyl (C=O) groups is 1. The summed E-state index contributed by atoms with van der Waals surface area (Å²) in [5.74, 6) is 0.843. The van der Waals surface area contributed by atoms with Crippen LogP contribution in [0.5, 0.6) is 6.01 Å². The monoisotopic (exact) mass is 296 g/mol. The Balaban J connectivity index is 2.87. The summed E-state index contributed by atoms with van der Waals surface area (Å²) in [5.41, 5.74) is 0. The van der Waals surface area contributed by atoms with Crippen LogP contribution in [0.15, 0.2) is 0 Å². The highest BCUT2D eigenvalue weighted by Crippen LogP contribution is 2.13. The zero-order chi connectivity index (χ0) is 15.8. The van der Waals surface area contributed by atoms with Gasteiger partial charge < -0.3 is 19.9 Å². The second-order valence-corrected chi connectivity index (χ2v) is 4.35. The van der Waals surface area contributed by atoms with Crippen LogP contribution in [-0.4, -0.2) is 66.1 Å². The molecule has 1 heterocycles.